The lowest BCUT2D eigenvalue weighted by Gasteiger charge is -2.30. The topological polar surface area (TPSA) is 34.1 Å². The van der Waals surface area contributed by atoms with Crippen LogP contribution in [0.3, 0.4) is 0 Å². The van der Waals surface area contributed by atoms with E-state index in [1.54, 1.807) is 0 Å². The smallest absolute Gasteiger partial charge is 0.161 e. The average Bonchev–Trinajstić information content (AvgIpc) is 2.58. The highest BCUT2D eigenvalue weighted by atomic mass is 79.9. The van der Waals surface area contributed by atoms with Crippen LogP contribution in [0, 0.1) is 0 Å². The zero-order valence-electron chi connectivity index (χ0n) is 10.1. The molecule has 2 nitrogen and oxygen atoms in total. The summed E-state index contributed by atoms with van der Waals surface area (Å²) >= 11 is 14.1. The van der Waals surface area contributed by atoms with E-state index in [1.165, 1.54) is 0 Å². The maximum atomic E-state index is 12.6. The SMILES string of the molecule is O=C1[C@@H](Br)C2c3ccccc3C([C@H]1Br)[C@@H](Br)C(=O)[C@@H]2Br. The third-order valence-electron chi connectivity index (χ3n) is 4.06. The first kappa shape index (κ1) is 15.4. The van der Waals surface area contributed by atoms with Gasteiger partial charge in [0, 0.05) is 11.8 Å². The number of carbonyl (C=O) groups is 2. The molecule has 3 rings (SSSR count). The summed E-state index contributed by atoms with van der Waals surface area (Å²) in [6, 6.07) is 7.96. The molecule has 6 atom stereocenters. The minimum absolute atomic E-state index is 0.0950. The second-order valence-corrected chi connectivity index (χ2v) is 9.04. The Labute approximate surface area is 150 Å². The maximum absolute atomic E-state index is 12.6. The summed E-state index contributed by atoms with van der Waals surface area (Å²) in [6.45, 7) is 0. The normalized spacial score (nSPS) is 40.2. The molecular weight excluding hydrogens is 520 g/mol. The molecular formula is C14H10Br4O2. The average molecular weight is 530 g/mol. The Morgan fingerprint density at radius 3 is 1.25 bits per heavy atom. The molecule has 2 unspecified atom stereocenters. The molecule has 2 aliphatic carbocycles. The highest BCUT2D eigenvalue weighted by Gasteiger charge is 2.52. The van der Waals surface area contributed by atoms with Gasteiger partial charge in [0.05, 0.1) is 19.3 Å². The predicted molar refractivity (Wildman–Crippen MR) is 92.8 cm³/mol. The van der Waals surface area contributed by atoms with Gasteiger partial charge in [0.2, 0.25) is 0 Å². The van der Waals surface area contributed by atoms with Crippen LogP contribution in [0.1, 0.15) is 23.0 Å². The van der Waals surface area contributed by atoms with Crippen molar-refractivity contribution in [2.24, 2.45) is 0 Å². The van der Waals surface area contributed by atoms with E-state index in [1.807, 2.05) is 24.3 Å². The maximum Gasteiger partial charge on any atom is 0.161 e. The number of ketones is 2. The van der Waals surface area contributed by atoms with Gasteiger partial charge in [-0.15, -0.1) is 0 Å². The number of Topliss-reactive ketones (excluding diaryl/α,β-unsaturated/α-hetero) is 2. The molecule has 0 radical (unpaired) electrons. The standard InChI is InChI=1S/C14H10Br4O2/c15-9-7-5-3-1-2-4-6(5)8(11(17)13(9)19)12(18)14(20)10(7)16/h1-4,7-12H/t7?,8?,9-,10-,11-,12+/m1/s1. The third kappa shape index (κ3) is 2.13. The van der Waals surface area contributed by atoms with Gasteiger partial charge >= 0.3 is 0 Å². The lowest BCUT2D eigenvalue weighted by atomic mass is 9.88. The predicted octanol–water partition coefficient (Wildman–Crippen LogP) is 4.07. The Kier molecular flexibility index (Phi) is 4.30. The van der Waals surface area contributed by atoms with Crippen LogP contribution in [0.5, 0.6) is 0 Å². The molecule has 2 aliphatic rings. The van der Waals surface area contributed by atoms with Gasteiger partial charge in [-0.25, -0.2) is 0 Å². The summed E-state index contributed by atoms with van der Waals surface area (Å²) in [4.78, 5) is 23.7. The minimum atomic E-state index is -0.369. The van der Waals surface area contributed by atoms with E-state index >= 15 is 0 Å². The fourth-order valence-electron chi connectivity index (χ4n) is 3.06. The van der Waals surface area contributed by atoms with Crippen LogP contribution < -0.4 is 0 Å². The fourth-order valence-corrected chi connectivity index (χ4v) is 8.09. The van der Waals surface area contributed by atoms with Gasteiger partial charge in [0.15, 0.2) is 11.6 Å². The highest BCUT2D eigenvalue weighted by molar-refractivity contribution is 9.11. The van der Waals surface area contributed by atoms with Crippen molar-refractivity contribution in [1.82, 2.24) is 0 Å². The number of carbonyl (C=O) groups excluding carboxylic acids is 2. The molecule has 20 heavy (non-hydrogen) atoms. The van der Waals surface area contributed by atoms with Crippen molar-refractivity contribution < 1.29 is 9.59 Å². The third-order valence-corrected chi connectivity index (χ3v) is 8.15. The lowest BCUT2D eigenvalue weighted by molar-refractivity contribution is -0.121. The van der Waals surface area contributed by atoms with E-state index in [9.17, 15) is 9.59 Å². The van der Waals surface area contributed by atoms with Crippen molar-refractivity contribution in [1.29, 1.82) is 0 Å². The molecule has 0 fully saturated rings. The van der Waals surface area contributed by atoms with Crippen LogP contribution in [-0.4, -0.2) is 30.9 Å². The summed E-state index contributed by atoms with van der Waals surface area (Å²) in [5.41, 5.74) is 2.15. The van der Waals surface area contributed by atoms with E-state index in [2.05, 4.69) is 63.7 Å². The summed E-state index contributed by atoms with van der Waals surface area (Å²) in [7, 11) is 0. The quantitative estimate of drug-likeness (QED) is 0.475. The van der Waals surface area contributed by atoms with Crippen LogP contribution in [0.15, 0.2) is 24.3 Å². The number of rotatable bonds is 0. The van der Waals surface area contributed by atoms with Gasteiger partial charge in [0.25, 0.3) is 0 Å². The van der Waals surface area contributed by atoms with Gasteiger partial charge < -0.3 is 0 Å². The van der Waals surface area contributed by atoms with Crippen LogP contribution in [0.25, 0.3) is 0 Å². The van der Waals surface area contributed by atoms with Crippen LogP contribution in [0.4, 0.5) is 0 Å². The number of benzene rings is 1. The summed E-state index contributed by atoms with van der Waals surface area (Å²) in [6.07, 6.45) is 0. The molecule has 0 amide bonds. The van der Waals surface area contributed by atoms with Crippen LogP contribution >= 0.6 is 63.7 Å². The van der Waals surface area contributed by atoms with E-state index in [0.717, 1.165) is 11.1 Å². The van der Waals surface area contributed by atoms with Crippen molar-refractivity contribution in [3.63, 3.8) is 0 Å². The molecule has 0 saturated heterocycles. The summed E-state index contributed by atoms with van der Waals surface area (Å²) in [5, 5.41) is 0. The van der Waals surface area contributed by atoms with Crippen molar-refractivity contribution in [2.45, 2.75) is 31.1 Å². The van der Waals surface area contributed by atoms with Gasteiger partial charge in [-0.05, 0) is 11.1 Å². The molecule has 6 heteroatoms. The first-order valence-corrected chi connectivity index (χ1v) is 9.84. The number of alkyl halides is 4. The van der Waals surface area contributed by atoms with E-state index < -0.39 is 0 Å². The Hall–Kier alpha value is 0.480. The molecule has 0 spiro atoms. The highest BCUT2D eigenvalue weighted by Crippen LogP contribution is 2.50. The Morgan fingerprint density at radius 1 is 0.650 bits per heavy atom. The van der Waals surface area contributed by atoms with Crippen molar-refractivity contribution in [3.05, 3.63) is 35.4 Å². The number of hydrogen-bond acceptors (Lipinski definition) is 2. The minimum Gasteiger partial charge on any atom is -0.297 e. The van der Waals surface area contributed by atoms with Crippen LogP contribution in [0.2, 0.25) is 0 Å². The van der Waals surface area contributed by atoms with Crippen molar-refractivity contribution in [3.8, 4) is 0 Å². The molecule has 0 aliphatic heterocycles. The lowest BCUT2D eigenvalue weighted by Crippen LogP contribution is -2.43. The Morgan fingerprint density at radius 2 is 0.950 bits per heavy atom. The Bertz CT molecular complexity index is 513. The zero-order chi connectivity index (χ0) is 14.6. The van der Waals surface area contributed by atoms with Gasteiger partial charge in [0.1, 0.15) is 0 Å². The second kappa shape index (κ2) is 5.60. The molecule has 0 aromatic heterocycles. The van der Waals surface area contributed by atoms with Crippen molar-refractivity contribution in [2.75, 3.05) is 0 Å². The first-order chi connectivity index (χ1) is 9.45. The Balaban J connectivity index is 2.31. The molecule has 0 heterocycles. The largest absolute Gasteiger partial charge is 0.297 e. The number of hydrogen-bond donors (Lipinski definition) is 0. The van der Waals surface area contributed by atoms with Gasteiger partial charge in [-0.2, -0.15) is 0 Å². The molecule has 106 valence electrons. The monoisotopic (exact) mass is 526 g/mol. The van der Waals surface area contributed by atoms with Gasteiger partial charge in [-0.1, -0.05) is 88.0 Å². The first-order valence-electron chi connectivity index (χ1n) is 6.17. The van der Waals surface area contributed by atoms with E-state index in [0.29, 0.717) is 0 Å². The molecule has 1 aromatic carbocycles. The fraction of sp³-hybridized carbons (Fsp3) is 0.429. The molecule has 0 saturated carbocycles. The molecule has 1 aromatic rings. The second-order valence-electron chi connectivity index (χ2n) is 5.09. The summed E-state index contributed by atoms with van der Waals surface area (Å²) < 4.78 is 0. The van der Waals surface area contributed by atoms with E-state index in [-0.39, 0.29) is 42.7 Å². The molecule has 2 bridgehead atoms. The van der Waals surface area contributed by atoms with E-state index in [4.69, 9.17) is 0 Å². The summed E-state index contributed by atoms with van der Waals surface area (Å²) in [5.74, 6) is -0.173. The molecule has 0 N–H and O–H groups in total. The van der Waals surface area contributed by atoms with Gasteiger partial charge in [-0.3, -0.25) is 9.59 Å². The zero-order valence-corrected chi connectivity index (χ0v) is 16.4. The van der Waals surface area contributed by atoms with Crippen molar-refractivity contribution >= 4 is 75.3 Å². The van der Waals surface area contributed by atoms with Crippen LogP contribution in [-0.2, 0) is 9.59 Å². The number of halogens is 4.